The Morgan fingerprint density at radius 3 is 2.50 bits per heavy atom. The molecule has 1 aliphatic heterocycles. The molecule has 6 rings (SSSR count). The van der Waals surface area contributed by atoms with Gasteiger partial charge in [-0.3, -0.25) is 28.9 Å². The minimum Gasteiger partial charge on any atom is -0.507 e. The van der Waals surface area contributed by atoms with Gasteiger partial charge in [-0.05, 0) is 46.3 Å². The molecule has 0 bridgehead atoms. The minimum atomic E-state index is -1.12. The third-order valence-electron chi connectivity index (χ3n) is 8.53. The zero-order chi connectivity index (χ0) is 29.7. The highest BCUT2D eigenvalue weighted by Crippen LogP contribution is 2.56. The van der Waals surface area contributed by atoms with Crippen molar-refractivity contribution in [2.75, 3.05) is 6.54 Å². The summed E-state index contributed by atoms with van der Waals surface area (Å²) in [6, 6.07) is 14.4. The first kappa shape index (κ1) is 27.8. The average Bonchev–Trinajstić information content (AvgIpc) is 3.22. The summed E-state index contributed by atoms with van der Waals surface area (Å²) < 4.78 is 5.97. The zero-order valence-electron chi connectivity index (χ0n) is 22.3. The van der Waals surface area contributed by atoms with Gasteiger partial charge in [0.05, 0.1) is 22.7 Å². The number of Topliss-reactive ketones (excluding diaryl/α,β-unsaturated/α-hetero) is 1. The highest BCUT2D eigenvalue weighted by Gasteiger charge is 2.56. The summed E-state index contributed by atoms with van der Waals surface area (Å²) in [7, 11) is 0. The van der Waals surface area contributed by atoms with Gasteiger partial charge in [-0.2, -0.15) is 0 Å². The van der Waals surface area contributed by atoms with Gasteiger partial charge in [0.1, 0.15) is 18.1 Å². The van der Waals surface area contributed by atoms with E-state index in [1.807, 2.05) is 36.4 Å². The molecule has 3 aliphatic carbocycles. The Bertz CT molecular complexity index is 1640. The number of likely N-dealkylation sites (tertiary alicyclic amines) is 1. The number of fused-ring (bicyclic) bond motifs is 3. The fourth-order valence-corrected chi connectivity index (χ4v) is 7.10. The van der Waals surface area contributed by atoms with Crippen LogP contribution in [0.2, 0.25) is 0 Å². The number of phenols is 1. The molecule has 214 valence electrons. The molecule has 42 heavy (non-hydrogen) atoms. The predicted octanol–water partition coefficient (Wildman–Crippen LogP) is 4.21. The fraction of sp³-hybridized carbons (Fsp3) is 0.281. The van der Waals surface area contributed by atoms with Crippen LogP contribution >= 0.6 is 15.9 Å². The predicted molar refractivity (Wildman–Crippen MR) is 152 cm³/mol. The van der Waals surface area contributed by atoms with Crippen LogP contribution in [0.3, 0.4) is 0 Å². The van der Waals surface area contributed by atoms with E-state index < -0.39 is 41.5 Å². The molecule has 0 spiro atoms. The van der Waals surface area contributed by atoms with Crippen LogP contribution in [0.15, 0.2) is 81.9 Å². The van der Waals surface area contributed by atoms with Gasteiger partial charge in [-0.1, -0.05) is 48.0 Å². The van der Waals surface area contributed by atoms with E-state index in [-0.39, 0.29) is 65.4 Å². The van der Waals surface area contributed by atoms with Gasteiger partial charge in [0.25, 0.3) is 0 Å². The number of imide groups is 1. The van der Waals surface area contributed by atoms with E-state index in [0.717, 1.165) is 10.5 Å². The van der Waals surface area contributed by atoms with E-state index in [1.165, 1.54) is 12.1 Å². The second-order valence-electron chi connectivity index (χ2n) is 10.9. The number of carboxylic acid groups (broad SMARTS) is 1. The average molecular weight is 632 g/mol. The largest absolute Gasteiger partial charge is 0.507 e. The summed E-state index contributed by atoms with van der Waals surface area (Å²) in [6.07, 6.45) is 3.02. The second-order valence-corrected chi connectivity index (χ2v) is 11.7. The number of carboxylic acids is 1. The molecule has 1 fully saturated rings. The molecule has 1 saturated heterocycles. The third kappa shape index (κ3) is 4.69. The number of hydrogen-bond donors (Lipinski definition) is 2. The maximum Gasteiger partial charge on any atom is 0.305 e. The fourth-order valence-electron chi connectivity index (χ4n) is 6.65. The first-order valence-electron chi connectivity index (χ1n) is 13.6. The molecule has 0 unspecified atom stereocenters. The molecule has 2 aromatic rings. The van der Waals surface area contributed by atoms with Crippen LogP contribution in [-0.2, 0) is 30.6 Å². The lowest BCUT2D eigenvalue weighted by Gasteiger charge is -2.42. The van der Waals surface area contributed by atoms with Crippen LogP contribution in [0.25, 0.3) is 0 Å². The van der Waals surface area contributed by atoms with Gasteiger partial charge >= 0.3 is 5.97 Å². The van der Waals surface area contributed by atoms with Crippen molar-refractivity contribution in [3.63, 3.8) is 0 Å². The second kappa shape index (κ2) is 10.8. The monoisotopic (exact) mass is 631 g/mol. The van der Waals surface area contributed by atoms with E-state index in [1.54, 1.807) is 12.1 Å². The van der Waals surface area contributed by atoms with Crippen LogP contribution in [-0.4, -0.2) is 51.0 Å². The quantitative estimate of drug-likeness (QED) is 0.263. The maximum absolute atomic E-state index is 13.6. The number of ketones is 2. The number of carbonyl (C=O) groups is 5. The summed E-state index contributed by atoms with van der Waals surface area (Å²) in [5.41, 5.74) is 2.52. The molecule has 10 heteroatoms. The number of amides is 2. The molecule has 0 radical (unpaired) electrons. The van der Waals surface area contributed by atoms with E-state index in [4.69, 9.17) is 9.84 Å². The van der Waals surface area contributed by atoms with Crippen molar-refractivity contribution < 1.29 is 38.9 Å². The number of aliphatic carboxylic acids is 1. The standard InChI is InChI=1S/C32H26BrNO8/c33-23-14-25(36)29-22(30(23)39)13-21-18(8-9-20-28(21)32(41)34(31(20)40)11-10-26(37)38)27(29)19-7-6-17(12-24(19)35)42-15-16-4-2-1-3-5-16/h1-8,12,14,20-21,27-28,35H,9-11,13,15H2,(H,37,38)/t20-,21+,27+,28-/m0/s1. The number of rotatable bonds is 7. The van der Waals surface area contributed by atoms with Crippen LogP contribution in [0.4, 0.5) is 0 Å². The molecule has 9 nitrogen and oxygen atoms in total. The zero-order valence-corrected chi connectivity index (χ0v) is 23.9. The lowest BCUT2D eigenvalue weighted by Crippen LogP contribution is -2.39. The van der Waals surface area contributed by atoms with Gasteiger partial charge in [0.2, 0.25) is 11.8 Å². The van der Waals surface area contributed by atoms with E-state index >= 15 is 0 Å². The van der Waals surface area contributed by atoms with Crippen molar-refractivity contribution >= 4 is 45.3 Å². The smallest absolute Gasteiger partial charge is 0.305 e. The number of ether oxygens (including phenoxy) is 1. The normalized spacial score (nSPS) is 25.0. The van der Waals surface area contributed by atoms with Crippen molar-refractivity contribution in [2.45, 2.75) is 31.8 Å². The summed E-state index contributed by atoms with van der Waals surface area (Å²) in [5, 5.41) is 20.4. The number of halogens is 1. The number of nitrogens with zero attached hydrogens (tertiary/aromatic N) is 1. The highest BCUT2D eigenvalue weighted by molar-refractivity contribution is 9.12. The Kier molecular flexibility index (Phi) is 7.18. The molecule has 4 atom stereocenters. The van der Waals surface area contributed by atoms with Crippen molar-refractivity contribution in [1.82, 2.24) is 4.90 Å². The van der Waals surface area contributed by atoms with Crippen molar-refractivity contribution in [2.24, 2.45) is 17.8 Å². The number of benzene rings is 2. The molecule has 1 heterocycles. The molecule has 2 aromatic carbocycles. The van der Waals surface area contributed by atoms with E-state index in [2.05, 4.69) is 15.9 Å². The highest BCUT2D eigenvalue weighted by atomic mass is 79.9. The molecular formula is C32H26BrNO8. The van der Waals surface area contributed by atoms with E-state index in [9.17, 15) is 29.1 Å². The topological polar surface area (TPSA) is 138 Å². The van der Waals surface area contributed by atoms with Crippen LogP contribution in [0.1, 0.15) is 36.3 Å². The molecule has 0 saturated carbocycles. The van der Waals surface area contributed by atoms with Crippen LogP contribution < -0.4 is 4.74 Å². The summed E-state index contributed by atoms with van der Waals surface area (Å²) >= 11 is 3.19. The lowest BCUT2D eigenvalue weighted by atomic mass is 9.59. The van der Waals surface area contributed by atoms with Crippen molar-refractivity contribution in [1.29, 1.82) is 0 Å². The Morgan fingerprint density at radius 2 is 1.79 bits per heavy atom. The Hall–Kier alpha value is -4.31. The summed E-state index contributed by atoms with van der Waals surface area (Å²) in [5.74, 6) is -5.35. The van der Waals surface area contributed by atoms with Gasteiger partial charge in [-0.15, -0.1) is 0 Å². The van der Waals surface area contributed by atoms with Gasteiger partial charge in [0, 0.05) is 41.3 Å². The number of phenolic OH excluding ortho intramolecular Hbond substituents is 1. The molecule has 0 aromatic heterocycles. The third-order valence-corrected chi connectivity index (χ3v) is 9.12. The number of allylic oxidation sites excluding steroid dienone is 6. The van der Waals surface area contributed by atoms with Gasteiger partial charge in [0.15, 0.2) is 11.6 Å². The van der Waals surface area contributed by atoms with Crippen LogP contribution in [0.5, 0.6) is 11.5 Å². The van der Waals surface area contributed by atoms with Crippen LogP contribution in [0, 0.1) is 17.8 Å². The molecule has 2 amide bonds. The minimum absolute atomic E-state index is 0.0805. The lowest BCUT2D eigenvalue weighted by molar-refractivity contribution is -0.142. The first-order valence-corrected chi connectivity index (χ1v) is 14.4. The van der Waals surface area contributed by atoms with Crippen molar-refractivity contribution in [3.8, 4) is 11.5 Å². The van der Waals surface area contributed by atoms with E-state index in [0.29, 0.717) is 16.9 Å². The maximum atomic E-state index is 13.6. The Balaban J connectivity index is 1.38. The Labute approximate surface area is 249 Å². The number of hydrogen-bond acceptors (Lipinski definition) is 7. The van der Waals surface area contributed by atoms with Crippen molar-refractivity contribution in [3.05, 3.63) is 93.0 Å². The summed E-state index contributed by atoms with van der Waals surface area (Å²) in [4.78, 5) is 65.6. The van der Waals surface area contributed by atoms with Gasteiger partial charge < -0.3 is 14.9 Å². The molecule has 4 aliphatic rings. The number of carbonyl (C=O) groups excluding carboxylic acids is 4. The molecular weight excluding hydrogens is 606 g/mol. The SMILES string of the molecule is O=C(O)CCN1C(=O)[C@H]2[C@H](CC=C3[C@H](c4ccc(OCc5ccccc5)cc4O)C4=C(C[C@H]32)C(=O)C(Br)=CC4=O)C1=O. The summed E-state index contributed by atoms with van der Waals surface area (Å²) in [6.45, 7) is 0.0609. The Morgan fingerprint density at radius 1 is 1.02 bits per heavy atom. The first-order chi connectivity index (χ1) is 20.2. The molecule has 2 N–H and O–H groups in total. The van der Waals surface area contributed by atoms with Gasteiger partial charge in [-0.25, -0.2) is 0 Å². The number of aromatic hydroxyl groups is 1.